The van der Waals surface area contributed by atoms with Crippen molar-refractivity contribution in [2.24, 2.45) is 0 Å². The number of hydrogen-bond donors (Lipinski definition) is 1. The number of nitrogens with one attached hydrogen (secondary N) is 1. The molecule has 5 aromatic rings. The average Bonchev–Trinajstić information content (AvgIpc) is 3.38. The van der Waals surface area contributed by atoms with Gasteiger partial charge in [-0.15, -0.1) is 5.10 Å². The molecule has 4 aromatic carbocycles. The highest BCUT2D eigenvalue weighted by Crippen LogP contribution is 2.36. The van der Waals surface area contributed by atoms with Crippen LogP contribution in [0.2, 0.25) is 0 Å². The third-order valence-electron chi connectivity index (χ3n) is 6.19. The first-order chi connectivity index (χ1) is 16.9. The zero-order chi connectivity index (χ0) is 23.1. The fourth-order valence-corrected chi connectivity index (χ4v) is 4.49. The molecule has 1 aromatic heterocycles. The SMILES string of the molecule is c1ccc(CCn2nnnc2CNC(c2ccccc2)(c2ccccc2)c2ccccc2)cc1. The van der Waals surface area contributed by atoms with E-state index in [1.165, 1.54) is 5.56 Å². The molecule has 5 nitrogen and oxygen atoms in total. The normalized spacial score (nSPS) is 11.4. The van der Waals surface area contributed by atoms with Crippen LogP contribution in [0.3, 0.4) is 0 Å². The minimum atomic E-state index is -0.556. The Balaban J connectivity index is 1.50. The molecule has 168 valence electrons. The van der Waals surface area contributed by atoms with Crippen LogP contribution < -0.4 is 5.32 Å². The summed E-state index contributed by atoms with van der Waals surface area (Å²) in [6, 6.07) is 42.1. The molecule has 0 fully saturated rings. The number of hydrogen-bond acceptors (Lipinski definition) is 4. The average molecular weight is 446 g/mol. The van der Waals surface area contributed by atoms with Gasteiger partial charge in [0.15, 0.2) is 5.82 Å². The quantitative estimate of drug-likeness (QED) is 0.325. The highest BCUT2D eigenvalue weighted by Gasteiger charge is 2.36. The van der Waals surface area contributed by atoms with E-state index in [-0.39, 0.29) is 0 Å². The van der Waals surface area contributed by atoms with Crippen LogP contribution in [0.4, 0.5) is 0 Å². The molecule has 1 N–H and O–H groups in total. The molecule has 0 atom stereocenters. The lowest BCUT2D eigenvalue weighted by atomic mass is 9.77. The molecule has 0 saturated heterocycles. The molecule has 5 rings (SSSR count). The highest BCUT2D eigenvalue weighted by molar-refractivity contribution is 5.49. The van der Waals surface area contributed by atoms with Gasteiger partial charge in [0, 0.05) is 6.54 Å². The Morgan fingerprint density at radius 1 is 0.618 bits per heavy atom. The number of nitrogens with zero attached hydrogens (tertiary/aromatic N) is 4. The molecule has 1 heterocycles. The summed E-state index contributed by atoms with van der Waals surface area (Å²) in [6.07, 6.45) is 0.875. The van der Waals surface area contributed by atoms with E-state index in [0.29, 0.717) is 6.54 Å². The molecule has 0 aliphatic rings. The summed E-state index contributed by atoms with van der Waals surface area (Å²) in [4.78, 5) is 0. The smallest absolute Gasteiger partial charge is 0.165 e. The minimum absolute atomic E-state index is 0.514. The first-order valence-corrected chi connectivity index (χ1v) is 11.6. The molecule has 0 radical (unpaired) electrons. The monoisotopic (exact) mass is 445 g/mol. The Kier molecular flexibility index (Phi) is 6.54. The van der Waals surface area contributed by atoms with E-state index in [1.54, 1.807) is 0 Å². The highest BCUT2D eigenvalue weighted by atomic mass is 15.5. The van der Waals surface area contributed by atoms with Gasteiger partial charge in [0.2, 0.25) is 0 Å². The molecule has 0 saturated carbocycles. The van der Waals surface area contributed by atoms with Gasteiger partial charge in [-0.25, -0.2) is 4.68 Å². The van der Waals surface area contributed by atoms with Crippen molar-refractivity contribution in [2.75, 3.05) is 0 Å². The van der Waals surface area contributed by atoms with Crippen LogP contribution in [-0.4, -0.2) is 20.2 Å². The van der Waals surface area contributed by atoms with Gasteiger partial charge in [0.25, 0.3) is 0 Å². The van der Waals surface area contributed by atoms with Gasteiger partial charge in [-0.1, -0.05) is 121 Å². The summed E-state index contributed by atoms with van der Waals surface area (Å²) in [5.74, 6) is 0.808. The van der Waals surface area contributed by atoms with Crippen LogP contribution in [0.5, 0.6) is 0 Å². The van der Waals surface area contributed by atoms with Gasteiger partial charge in [-0.2, -0.15) is 0 Å². The molecule has 0 amide bonds. The summed E-state index contributed by atoms with van der Waals surface area (Å²) in [7, 11) is 0. The van der Waals surface area contributed by atoms with E-state index >= 15 is 0 Å². The fraction of sp³-hybridized carbons (Fsp3) is 0.138. The van der Waals surface area contributed by atoms with E-state index < -0.39 is 5.54 Å². The molecule has 0 bridgehead atoms. The second kappa shape index (κ2) is 10.2. The van der Waals surface area contributed by atoms with Crippen molar-refractivity contribution in [2.45, 2.75) is 25.0 Å². The van der Waals surface area contributed by atoms with E-state index in [2.05, 4.69) is 118 Å². The van der Waals surface area contributed by atoms with Gasteiger partial charge in [0.1, 0.15) is 0 Å². The lowest BCUT2D eigenvalue weighted by molar-refractivity contribution is 0.445. The third-order valence-corrected chi connectivity index (χ3v) is 6.19. The molecule has 34 heavy (non-hydrogen) atoms. The largest absolute Gasteiger partial charge is 0.293 e. The Hall–Kier alpha value is -4.09. The predicted octanol–water partition coefficient (Wildman–Crippen LogP) is 5.00. The van der Waals surface area contributed by atoms with Crippen LogP contribution in [0.25, 0.3) is 0 Å². The maximum absolute atomic E-state index is 4.35. The summed E-state index contributed by atoms with van der Waals surface area (Å²) < 4.78 is 1.89. The van der Waals surface area contributed by atoms with E-state index in [4.69, 9.17) is 0 Å². The second-order valence-electron chi connectivity index (χ2n) is 8.26. The van der Waals surface area contributed by atoms with Gasteiger partial charge in [-0.3, -0.25) is 5.32 Å². The zero-order valence-corrected chi connectivity index (χ0v) is 19.0. The Morgan fingerprint density at radius 2 is 1.09 bits per heavy atom. The Labute approximate surface area is 200 Å². The van der Waals surface area contributed by atoms with Crippen molar-refractivity contribution in [3.8, 4) is 0 Å². The number of rotatable bonds is 9. The zero-order valence-electron chi connectivity index (χ0n) is 19.0. The molecule has 0 aliphatic heterocycles. The van der Waals surface area contributed by atoms with Gasteiger partial charge in [-0.05, 0) is 39.1 Å². The van der Waals surface area contributed by atoms with Gasteiger partial charge >= 0.3 is 0 Å². The maximum atomic E-state index is 4.35. The van der Waals surface area contributed by atoms with Crippen molar-refractivity contribution >= 4 is 0 Å². The second-order valence-corrected chi connectivity index (χ2v) is 8.26. The number of benzene rings is 4. The predicted molar refractivity (Wildman–Crippen MR) is 134 cm³/mol. The molecule has 0 spiro atoms. The molecular formula is C29H27N5. The van der Waals surface area contributed by atoms with E-state index in [1.807, 2.05) is 28.9 Å². The van der Waals surface area contributed by atoms with Crippen molar-refractivity contribution in [3.63, 3.8) is 0 Å². The number of aromatic nitrogens is 4. The van der Waals surface area contributed by atoms with Crippen molar-refractivity contribution < 1.29 is 0 Å². The van der Waals surface area contributed by atoms with Crippen molar-refractivity contribution in [3.05, 3.63) is 149 Å². The molecular weight excluding hydrogens is 418 g/mol. The maximum Gasteiger partial charge on any atom is 0.165 e. The third kappa shape index (κ3) is 4.51. The van der Waals surface area contributed by atoms with Crippen LogP contribution in [0.15, 0.2) is 121 Å². The fourth-order valence-electron chi connectivity index (χ4n) is 4.49. The lowest BCUT2D eigenvalue weighted by Crippen LogP contribution is -2.44. The molecule has 0 aliphatic carbocycles. The van der Waals surface area contributed by atoms with Crippen LogP contribution in [-0.2, 0) is 25.0 Å². The number of aryl methyl sites for hydroxylation is 2. The Morgan fingerprint density at radius 3 is 1.59 bits per heavy atom. The van der Waals surface area contributed by atoms with Crippen molar-refractivity contribution in [1.82, 2.24) is 25.5 Å². The topological polar surface area (TPSA) is 55.6 Å². The molecule has 5 heteroatoms. The minimum Gasteiger partial charge on any atom is -0.293 e. The van der Waals surface area contributed by atoms with Gasteiger partial charge in [0.05, 0.1) is 12.1 Å². The van der Waals surface area contributed by atoms with Crippen LogP contribution in [0, 0.1) is 0 Å². The van der Waals surface area contributed by atoms with Gasteiger partial charge < -0.3 is 0 Å². The van der Waals surface area contributed by atoms with E-state index in [0.717, 1.165) is 35.5 Å². The van der Waals surface area contributed by atoms with Crippen molar-refractivity contribution in [1.29, 1.82) is 0 Å². The molecule has 0 unspecified atom stereocenters. The summed E-state index contributed by atoms with van der Waals surface area (Å²) >= 11 is 0. The summed E-state index contributed by atoms with van der Waals surface area (Å²) in [6.45, 7) is 1.24. The van der Waals surface area contributed by atoms with Crippen LogP contribution in [0.1, 0.15) is 28.1 Å². The first kappa shape index (κ1) is 21.7. The summed E-state index contributed by atoms with van der Waals surface area (Å²) in [5, 5.41) is 16.5. The van der Waals surface area contributed by atoms with Crippen LogP contribution >= 0.6 is 0 Å². The van der Waals surface area contributed by atoms with E-state index in [9.17, 15) is 0 Å². The standard InChI is InChI=1S/C29H27N5/c1-5-13-24(14-6-1)21-22-34-28(31-32-33-34)23-30-29(25-15-7-2-8-16-25,26-17-9-3-10-18-26)27-19-11-4-12-20-27/h1-20,30H,21-23H2. The Bertz CT molecular complexity index is 1190. The lowest BCUT2D eigenvalue weighted by Gasteiger charge is -2.37. The summed E-state index contributed by atoms with van der Waals surface area (Å²) in [5.41, 5.74) is 4.20. The number of tetrazole rings is 1. The first-order valence-electron chi connectivity index (χ1n) is 11.6.